The van der Waals surface area contributed by atoms with Gasteiger partial charge in [-0.3, -0.25) is 9.69 Å². The molecule has 1 amide bonds. The van der Waals surface area contributed by atoms with Crippen LogP contribution in [0.2, 0.25) is 5.02 Å². The van der Waals surface area contributed by atoms with E-state index in [4.69, 9.17) is 17.3 Å². The number of rotatable bonds is 5. The van der Waals surface area contributed by atoms with E-state index < -0.39 is 0 Å². The lowest BCUT2D eigenvalue weighted by Crippen LogP contribution is -2.39. The maximum atomic E-state index is 11.1. The zero-order valence-electron chi connectivity index (χ0n) is 12.5. The second-order valence-corrected chi connectivity index (χ2v) is 5.73. The Bertz CT molecular complexity index is 451. The fourth-order valence-corrected chi connectivity index (χ4v) is 2.74. The first kappa shape index (κ1) is 21.5. The Balaban J connectivity index is 0.00000220. The summed E-state index contributed by atoms with van der Waals surface area (Å²) in [4.78, 5) is 13.6. The molecular weight excluding hydrogens is 345 g/mol. The molecule has 1 aliphatic heterocycles. The van der Waals surface area contributed by atoms with E-state index in [2.05, 4.69) is 16.3 Å². The first-order valence-electron chi connectivity index (χ1n) is 7.11. The summed E-state index contributed by atoms with van der Waals surface area (Å²) in [5, 5.41) is 3.71. The first-order valence-corrected chi connectivity index (χ1v) is 7.49. The van der Waals surface area contributed by atoms with Crippen LogP contribution in [0.4, 0.5) is 0 Å². The molecule has 0 aromatic heterocycles. The molecule has 126 valence electrons. The maximum absolute atomic E-state index is 11.1. The molecule has 1 aliphatic rings. The Morgan fingerprint density at radius 1 is 1.27 bits per heavy atom. The minimum Gasteiger partial charge on any atom is -0.355 e. The maximum Gasteiger partial charge on any atom is 0.233 e. The van der Waals surface area contributed by atoms with Crippen LogP contribution in [-0.2, 0) is 11.3 Å². The van der Waals surface area contributed by atoms with Crippen LogP contribution >= 0.6 is 36.4 Å². The van der Waals surface area contributed by atoms with Crippen molar-refractivity contribution in [2.45, 2.75) is 19.4 Å². The molecular formula is C15H24Cl3N3O. The molecule has 1 heterocycles. The molecule has 0 atom stereocenters. The van der Waals surface area contributed by atoms with E-state index in [1.807, 2.05) is 18.2 Å². The molecule has 4 nitrogen and oxygen atoms in total. The number of carbonyl (C=O) groups is 1. The van der Waals surface area contributed by atoms with Gasteiger partial charge >= 0.3 is 0 Å². The number of likely N-dealkylation sites (tertiary alicyclic amines) is 1. The third-order valence-electron chi connectivity index (χ3n) is 3.83. The minimum atomic E-state index is -0.0662. The number of hydrogen-bond donors (Lipinski definition) is 2. The third kappa shape index (κ3) is 6.71. The first-order chi connectivity index (χ1) is 9.69. The molecule has 0 saturated carbocycles. The highest BCUT2D eigenvalue weighted by Crippen LogP contribution is 2.21. The van der Waals surface area contributed by atoms with Gasteiger partial charge in [0.15, 0.2) is 0 Å². The number of piperidine rings is 1. The van der Waals surface area contributed by atoms with Crippen molar-refractivity contribution in [1.82, 2.24) is 10.2 Å². The molecule has 0 radical (unpaired) electrons. The van der Waals surface area contributed by atoms with Gasteiger partial charge < -0.3 is 11.1 Å². The van der Waals surface area contributed by atoms with Gasteiger partial charge in [0.2, 0.25) is 5.91 Å². The van der Waals surface area contributed by atoms with Crippen LogP contribution in [0.3, 0.4) is 0 Å². The molecule has 1 saturated heterocycles. The van der Waals surface area contributed by atoms with Gasteiger partial charge in [0, 0.05) is 18.1 Å². The summed E-state index contributed by atoms with van der Waals surface area (Å²) >= 11 is 6.19. The molecule has 1 aromatic carbocycles. The standard InChI is InChI=1S/C15H22ClN3O.2ClH/c16-14-4-2-1-3-13(14)11-19-7-5-12(6-8-19)10-18-15(20)9-17;;/h1-4,12H,5-11,17H2,(H,18,20);2*1H. The summed E-state index contributed by atoms with van der Waals surface area (Å²) in [6, 6.07) is 8.00. The monoisotopic (exact) mass is 367 g/mol. The second kappa shape index (κ2) is 11.1. The van der Waals surface area contributed by atoms with Crippen LogP contribution in [0.15, 0.2) is 24.3 Å². The Hall–Kier alpha value is -0.520. The van der Waals surface area contributed by atoms with Crippen LogP contribution in [0.5, 0.6) is 0 Å². The molecule has 22 heavy (non-hydrogen) atoms. The highest BCUT2D eigenvalue weighted by molar-refractivity contribution is 6.31. The van der Waals surface area contributed by atoms with Crippen molar-refractivity contribution in [3.05, 3.63) is 34.9 Å². The number of nitrogens with one attached hydrogen (secondary N) is 1. The molecule has 0 unspecified atom stereocenters. The van der Waals surface area contributed by atoms with E-state index in [9.17, 15) is 4.79 Å². The predicted octanol–water partition coefficient (Wildman–Crippen LogP) is 2.47. The van der Waals surface area contributed by atoms with E-state index in [1.165, 1.54) is 5.56 Å². The number of hydrogen-bond acceptors (Lipinski definition) is 3. The van der Waals surface area contributed by atoms with Gasteiger partial charge in [0.25, 0.3) is 0 Å². The van der Waals surface area contributed by atoms with Crippen LogP contribution in [0.1, 0.15) is 18.4 Å². The van der Waals surface area contributed by atoms with Crippen molar-refractivity contribution in [3.63, 3.8) is 0 Å². The van der Waals surface area contributed by atoms with Crippen molar-refractivity contribution in [2.24, 2.45) is 11.7 Å². The molecule has 1 fully saturated rings. The highest BCUT2D eigenvalue weighted by atomic mass is 35.5. The number of carbonyl (C=O) groups excluding carboxylic acids is 1. The van der Waals surface area contributed by atoms with Gasteiger partial charge in [-0.2, -0.15) is 0 Å². The third-order valence-corrected chi connectivity index (χ3v) is 4.20. The average molecular weight is 369 g/mol. The number of nitrogens with zero attached hydrogens (tertiary/aromatic N) is 1. The van der Waals surface area contributed by atoms with E-state index in [0.29, 0.717) is 5.92 Å². The molecule has 0 spiro atoms. The quantitative estimate of drug-likeness (QED) is 0.839. The number of amides is 1. The zero-order chi connectivity index (χ0) is 14.4. The second-order valence-electron chi connectivity index (χ2n) is 5.32. The summed E-state index contributed by atoms with van der Waals surface area (Å²) < 4.78 is 0. The van der Waals surface area contributed by atoms with Crippen molar-refractivity contribution < 1.29 is 4.79 Å². The summed E-state index contributed by atoms with van der Waals surface area (Å²) in [6.45, 7) is 3.83. The van der Waals surface area contributed by atoms with E-state index in [0.717, 1.165) is 44.0 Å². The van der Waals surface area contributed by atoms with E-state index in [1.54, 1.807) is 0 Å². The normalized spacial score (nSPS) is 15.5. The van der Waals surface area contributed by atoms with Crippen LogP contribution < -0.4 is 11.1 Å². The van der Waals surface area contributed by atoms with E-state index >= 15 is 0 Å². The van der Waals surface area contributed by atoms with E-state index in [-0.39, 0.29) is 37.3 Å². The Morgan fingerprint density at radius 2 is 1.91 bits per heavy atom. The summed E-state index contributed by atoms with van der Waals surface area (Å²) in [5.41, 5.74) is 6.46. The summed E-state index contributed by atoms with van der Waals surface area (Å²) in [5.74, 6) is 0.497. The van der Waals surface area contributed by atoms with Crippen molar-refractivity contribution in [3.8, 4) is 0 Å². The Labute approximate surface area is 149 Å². The van der Waals surface area contributed by atoms with Gasteiger partial charge in [0.05, 0.1) is 6.54 Å². The van der Waals surface area contributed by atoms with Crippen LogP contribution in [0.25, 0.3) is 0 Å². The van der Waals surface area contributed by atoms with Crippen molar-refractivity contribution in [1.29, 1.82) is 0 Å². The fraction of sp³-hybridized carbons (Fsp3) is 0.533. The molecule has 1 aromatic rings. The van der Waals surface area contributed by atoms with Gasteiger partial charge in [-0.1, -0.05) is 29.8 Å². The van der Waals surface area contributed by atoms with Crippen molar-refractivity contribution >= 4 is 42.3 Å². The van der Waals surface area contributed by atoms with Crippen molar-refractivity contribution in [2.75, 3.05) is 26.2 Å². The molecule has 0 bridgehead atoms. The van der Waals surface area contributed by atoms with Gasteiger partial charge in [-0.05, 0) is 43.5 Å². The SMILES string of the molecule is Cl.Cl.NCC(=O)NCC1CCN(Cc2ccccc2Cl)CC1. The summed E-state index contributed by atoms with van der Waals surface area (Å²) in [7, 11) is 0. The average Bonchev–Trinajstić information content (AvgIpc) is 2.48. The lowest BCUT2D eigenvalue weighted by Gasteiger charge is -2.32. The number of halogens is 3. The number of nitrogens with two attached hydrogens (primary N) is 1. The molecule has 7 heteroatoms. The molecule has 3 N–H and O–H groups in total. The van der Waals surface area contributed by atoms with Crippen LogP contribution in [0, 0.1) is 5.92 Å². The Kier molecular flexibility index (Phi) is 10.8. The predicted molar refractivity (Wildman–Crippen MR) is 96.0 cm³/mol. The van der Waals surface area contributed by atoms with Crippen LogP contribution in [-0.4, -0.2) is 37.0 Å². The van der Waals surface area contributed by atoms with Gasteiger partial charge in [0.1, 0.15) is 0 Å². The fourth-order valence-electron chi connectivity index (χ4n) is 2.55. The topological polar surface area (TPSA) is 58.4 Å². The highest BCUT2D eigenvalue weighted by Gasteiger charge is 2.20. The molecule has 0 aliphatic carbocycles. The van der Waals surface area contributed by atoms with Gasteiger partial charge in [-0.25, -0.2) is 0 Å². The minimum absolute atomic E-state index is 0. The molecule has 2 rings (SSSR count). The zero-order valence-corrected chi connectivity index (χ0v) is 14.9. The Morgan fingerprint density at radius 3 is 2.50 bits per heavy atom. The van der Waals surface area contributed by atoms with Gasteiger partial charge in [-0.15, -0.1) is 24.8 Å². The smallest absolute Gasteiger partial charge is 0.233 e. The summed E-state index contributed by atoms with van der Waals surface area (Å²) in [6.07, 6.45) is 2.21. The largest absolute Gasteiger partial charge is 0.355 e. The lowest BCUT2D eigenvalue weighted by atomic mass is 9.96. The lowest BCUT2D eigenvalue weighted by molar-refractivity contribution is -0.120. The number of benzene rings is 1.